The maximum absolute atomic E-state index is 12.7. The minimum absolute atomic E-state index is 0.0787. The lowest BCUT2D eigenvalue weighted by atomic mass is 10.1. The number of nitrogens with zero attached hydrogens (tertiary/aromatic N) is 6. The molecule has 4 aromatic rings. The summed E-state index contributed by atoms with van der Waals surface area (Å²) in [6.45, 7) is 0.937. The van der Waals surface area contributed by atoms with Gasteiger partial charge in [-0.05, 0) is 34.2 Å². The molecule has 164 valence electrons. The Morgan fingerprint density at radius 1 is 1.09 bits per heavy atom. The fraction of sp³-hybridized carbons (Fsp3) is 0.227. The molecule has 3 aromatic heterocycles. The van der Waals surface area contributed by atoms with Gasteiger partial charge < -0.3 is 9.47 Å². The molecule has 0 aliphatic carbocycles. The lowest BCUT2D eigenvalue weighted by Crippen LogP contribution is -2.20. The van der Waals surface area contributed by atoms with Crippen LogP contribution in [-0.4, -0.2) is 49.9 Å². The van der Waals surface area contributed by atoms with Crippen LogP contribution in [0, 0.1) is 3.57 Å². The van der Waals surface area contributed by atoms with E-state index in [-0.39, 0.29) is 5.43 Å². The Balaban J connectivity index is 1.57. The van der Waals surface area contributed by atoms with Crippen molar-refractivity contribution in [3.8, 4) is 22.8 Å². The molecular formula is C22H21IN6O3. The first-order chi connectivity index (χ1) is 15.5. The summed E-state index contributed by atoms with van der Waals surface area (Å²) in [5.74, 6) is 1.16. The van der Waals surface area contributed by atoms with E-state index < -0.39 is 0 Å². The van der Waals surface area contributed by atoms with Gasteiger partial charge in [0, 0.05) is 32.3 Å². The fourth-order valence-corrected chi connectivity index (χ4v) is 3.65. The molecule has 3 heterocycles. The van der Waals surface area contributed by atoms with E-state index in [0.29, 0.717) is 40.5 Å². The summed E-state index contributed by atoms with van der Waals surface area (Å²) in [5, 5.41) is 8.73. The standard InChI is InChI=1S/C22H21IN6O3/c1-28-13-17(10-26-28)29-14-19(23)21(30)20(27-29)9-15-4-3-5-16(8-15)22-24-11-18(12-25-22)32-7-6-31-2/h3-5,8,10-14H,6-7,9H2,1-2H3. The second kappa shape index (κ2) is 10.0. The van der Waals surface area contributed by atoms with E-state index in [1.54, 1.807) is 41.3 Å². The number of hydrogen-bond donors (Lipinski definition) is 0. The Kier molecular flexibility index (Phi) is 6.90. The smallest absolute Gasteiger partial charge is 0.216 e. The summed E-state index contributed by atoms with van der Waals surface area (Å²) in [6, 6.07) is 7.78. The molecule has 4 rings (SSSR count). The summed E-state index contributed by atoms with van der Waals surface area (Å²) < 4.78 is 14.5. The van der Waals surface area contributed by atoms with Gasteiger partial charge in [0.15, 0.2) is 11.6 Å². The Bertz CT molecular complexity index is 1270. The third-order valence-corrected chi connectivity index (χ3v) is 5.41. The fourth-order valence-electron chi connectivity index (χ4n) is 3.08. The quantitative estimate of drug-likeness (QED) is 0.249. The van der Waals surface area contributed by atoms with Crippen molar-refractivity contribution in [3.63, 3.8) is 0 Å². The van der Waals surface area contributed by atoms with Crippen molar-refractivity contribution in [3.05, 3.63) is 80.3 Å². The first-order valence-electron chi connectivity index (χ1n) is 9.84. The number of rotatable bonds is 8. The van der Waals surface area contributed by atoms with Crippen LogP contribution in [0.5, 0.6) is 5.75 Å². The van der Waals surface area contributed by atoms with Gasteiger partial charge in [0.05, 0.1) is 35.0 Å². The second-order valence-electron chi connectivity index (χ2n) is 7.03. The molecule has 0 spiro atoms. The summed E-state index contributed by atoms with van der Waals surface area (Å²) in [7, 11) is 3.46. The molecule has 0 amide bonds. The molecule has 0 aliphatic rings. The van der Waals surface area contributed by atoms with Crippen molar-refractivity contribution < 1.29 is 9.47 Å². The number of halogens is 1. The third kappa shape index (κ3) is 5.19. The molecule has 0 bridgehead atoms. The highest BCUT2D eigenvalue weighted by Gasteiger charge is 2.12. The molecule has 0 unspecified atom stereocenters. The van der Waals surface area contributed by atoms with Crippen LogP contribution in [0.25, 0.3) is 17.1 Å². The molecule has 0 N–H and O–H groups in total. The van der Waals surface area contributed by atoms with Crippen LogP contribution in [0.2, 0.25) is 0 Å². The van der Waals surface area contributed by atoms with Gasteiger partial charge >= 0.3 is 0 Å². The van der Waals surface area contributed by atoms with E-state index in [2.05, 4.69) is 20.2 Å². The molecule has 32 heavy (non-hydrogen) atoms. The summed E-state index contributed by atoms with van der Waals surface area (Å²) in [4.78, 5) is 21.5. The zero-order valence-electron chi connectivity index (χ0n) is 17.6. The predicted octanol–water partition coefficient (Wildman–Crippen LogP) is 2.64. The Hall–Kier alpha value is -3.12. The SMILES string of the molecule is COCCOc1cnc(-c2cccc(Cc3nn(-c4cnn(C)c4)cc(I)c3=O)c2)nc1. The number of aryl methyl sites for hydroxylation is 1. The molecule has 10 heteroatoms. The van der Waals surface area contributed by atoms with E-state index in [0.717, 1.165) is 16.8 Å². The van der Waals surface area contributed by atoms with E-state index in [1.165, 1.54) is 0 Å². The summed E-state index contributed by atoms with van der Waals surface area (Å²) >= 11 is 2.04. The number of benzene rings is 1. The normalized spacial score (nSPS) is 11.0. The Labute approximate surface area is 198 Å². The highest BCUT2D eigenvalue weighted by Crippen LogP contribution is 2.19. The predicted molar refractivity (Wildman–Crippen MR) is 127 cm³/mol. The molecular weight excluding hydrogens is 523 g/mol. The summed E-state index contributed by atoms with van der Waals surface area (Å²) in [6.07, 6.45) is 8.93. The highest BCUT2D eigenvalue weighted by molar-refractivity contribution is 14.1. The molecule has 0 atom stereocenters. The van der Waals surface area contributed by atoms with Crippen molar-refractivity contribution >= 4 is 22.6 Å². The highest BCUT2D eigenvalue weighted by atomic mass is 127. The number of ether oxygens (including phenoxy) is 2. The van der Waals surface area contributed by atoms with Crippen LogP contribution < -0.4 is 10.2 Å². The Morgan fingerprint density at radius 3 is 2.62 bits per heavy atom. The maximum atomic E-state index is 12.7. The maximum Gasteiger partial charge on any atom is 0.216 e. The molecule has 0 radical (unpaired) electrons. The first kappa shape index (κ1) is 22.1. The second-order valence-corrected chi connectivity index (χ2v) is 8.19. The molecule has 9 nitrogen and oxygen atoms in total. The average Bonchev–Trinajstić information content (AvgIpc) is 3.24. The molecule has 0 fully saturated rings. The summed E-state index contributed by atoms with van der Waals surface area (Å²) in [5.41, 5.74) is 2.97. The number of hydrogen-bond acceptors (Lipinski definition) is 7. The van der Waals surface area contributed by atoms with Gasteiger partial charge in [0.25, 0.3) is 0 Å². The van der Waals surface area contributed by atoms with Gasteiger partial charge in [0.2, 0.25) is 5.43 Å². The van der Waals surface area contributed by atoms with Gasteiger partial charge in [-0.1, -0.05) is 18.2 Å². The number of methoxy groups -OCH3 is 1. The monoisotopic (exact) mass is 544 g/mol. The topological polar surface area (TPSA) is 97.0 Å². The van der Waals surface area contributed by atoms with Gasteiger partial charge in [-0.2, -0.15) is 10.2 Å². The van der Waals surface area contributed by atoms with Crippen LogP contribution in [0.4, 0.5) is 0 Å². The van der Waals surface area contributed by atoms with Gasteiger partial charge in [-0.25, -0.2) is 14.6 Å². The molecule has 0 saturated carbocycles. The van der Waals surface area contributed by atoms with E-state index >= 15 is 0 Å². The zero-order chi connectivity index (χ0) is 22.5. The van der Waals surface area contributed by atoms with E-state index in [4.69, 9.17) is 9.47 Å². The van der Waals surface area contributed by atoms with Crippen molar-refractivity contribution in [2.24, 2.45) is 7.05 Å². The van der Waals surface area contributed by atoms with Crippen molar-refractivity contribution in [2.45, 2.75) is 6.42 Å². The van der Waals surface area contributed by atoms with Crippen molar-refractivity contribution in [1.29, 1.82) is 0 Å². The van der Waals surface area contributed by atoms with Crippen LogP contribution in [0.15, 0.2) is 60.0 Å². The Morgan fingerprint density at radius 2 is 1.91 bits per heavy atom. The van der Waals surface area contributed by atoms with Gasteiger partial charge in [-0.3, -0.25) is 9.48 Å². The molecule has 0 saturated heterocycles. The van der Waals surface area contributed by atoms with Crippen LogP contribution in [0.1, 0.15) is 11.3 Å². The zero-order valence-corrected chi connectivity index (χ0v) is 19.8. The first-order valence-corrected chi connectivity index (χ1v) is 10.9. The van der Waals surface area contributed by atoms with Crippen molar-refractivity contribution in [2.75, 3.05) is 20.3 Å². The van der Waals surface area contributed by atoms with Crippen LogP contribution in [-0.2, 0) is 18.2 Å². The minimum atomic E-state index is -0.0787. The largest absolute Gasteiger partial charge is 0.488 e. The van der Waals surface area contributed by atoms with Crippen LogP contribution >= 0.6 is 22.6 Å². The average molecular weight is 544 g/mol. The van der Waals surface area contributed by atoms with Crippen molar-refractivity contribution in [1.82, 2.24) is 29.5 Å². The van der Waals surface area contributed by atoms with Gasteiger partial charge in [-0.15, -0.1) is 0 Å². The molecule has 0 aliphatic heterocycles. The lowest BCUT2D eigenvalue weighted by molar-refractivity contribution is 0.146. The number of aromatic nitrogens is 6. The van der Waals surface area contributed by atoms with E-state index in [9.17, 15) is 4.79 Å². The lowest BCUT2D eigenvalue weighted by Gasteiger charge is -2.08. The minimum Gasteiger partial charge on any atom is -0.488 e. The third-order valence-electron chi connectivity index (χ3n) is 4.64. The van der Waals surface area contributed by atoms with Gasteiger partial charge in [0.1, 0.15) is 18.0 Å². The molecule has 1 aromatic carbocycles. The van der Waals surface area contributed by atoms with E-state index in [1.807, 2.05) is 60.1 Å². The van der Waals surface area contributed by atoms with Crippen LogP contribution in [0.3, 0.4) is 0 Å².